The van der Waals surface area contributed by atoms with Crippen LogP contribution in [0.25, 0.3) is 0 Å². The van der Waals surface area contributed by atoms with E-state index in [4.69, 9.17) is 11.6 Å². The van der Waals surface area contributed by atoms with Gasteiger partial charge in [0.2, 0.25) is 11.9 Å². The maximum Gasteiger partial charge on any atom is 0.228 e. The van der Waals surface area contributed by atoms with Gasteiger partial charge in [-0.3, -0.25) is 4.79 Å². The number of hydrogen-bond acceptors (Lipinski definition) is 5. The van der Waals surface area contributed by atoms with Crippen LogP contribution in [0.5, 0.6) is 0 Å². The predicted octanol–water partition coefficient (Wildman–Crippen LogP) is 2.06. The molecule has 0 aliphatic carbocycles. The average Bonchev–Trinajstić information content (AvgIpc) is 2.58. The van der Waals surface area contributed by atoms with Crippen LogP contribution in [0, 0.1) is 0 Å². The molecule has 126 valence electrons. The van der Waals surface area contributed by atoms with Crippen molar-refractivity contribution in [1.29, 1.82) is 0 Å². The molecule has 2 heterocycles. The second kappa shape index (κ2) is 7.59. The standard InChI is InChI=1S/C17H20ClN5O/c1-22-6-8-23(9-7-22)17-19-11-15(12-20-17)21-16(24)10-13-2-4-14(18)5-3-13/h2-5,11-12H,6-10H2,1H3,(H,21,24). The van der Waals surface area contributed by atoms with Gasteiger partial charge in [-0.2, -0.15) is 0 Å². The minimum absolute atomic E-state index is 0.103. The van der Waals surface area contributed by atoms with Crippen LogP contribution < -0.4 is 10.2 Å². The number of hydrogen-bond donors (Lipinski definition) is 1. The number of carbonyl (C=O) groups excluding carboxylic acids is 1. The van der Waals surface area contributed by atoms with Crippen molar-refractivity contribution in [3.63, 3.8) is 0 Å². The summed E-state index contributed by atoms with van der Waals surface area (Å²) >= 11 is 5.84. The Bertz CT molecular complexity index is 681. The van der Waals surface area contributed by atoms with E-state index in [1.807, 2.05) is 12.1 Å². The molecular weight excluding hydrogens is 326 g/mol. The number of halogens is 1. The molecule has 1 aromatic carbocycles. The molecule has 7 heteroatoms. The molecule has 0 unspecified atom stereocenters. The highest BCUT2D eigenvalue weighted by atomic mass is 35.5. The SMILES string of the molecule is CN1CCN(c2ncc(NC(=O)Cc3ccc(Cl)cc3)cn2)CC1. The molecule has 0 spiro atoms. The third-order valence-corrected chi connectivity index (χ3v) is 4.24. The topological polar surface area (TPSA) is 61.4 Å². The number of likely N-dealkylation sites (N-methyl/N-ethyl adjacent to an activating group) is 1. The van der Waals surface area contributed by atoms with Gasteiger partial charge in [-0.25, -0.2) is 9.97 Å². The zero-order valence-electron chi connectivity index (χ0n) is 13.6. The van der Waals surface area contributed by atoms with E-state index in [-0.39, 0.29) is 12.3 Å². The Labute approximate surface area is 146 Å². The fraction of sp³-hybridized carbons (Fsp3) is 0.353. The molecule has 1 aliphatic heterocycles. The molecule has 24 heavy (non-hydrogen) atoms. The molecule has 0 radical (unpaired) electrons. The number of nitrogens with one attached hydrogen (secondary N) is 1. The Hall–Kier alpha value is -2.18. The minimum atomic E-state index is -0.103. The van der Waals surface area contributed by atoms with E-state index in [1.54, 1.807) is 24.5 Å². The molecule has 0 saturated carbocycles. The van der Waals surface area contributed by atoms with E-state index in [9.17, 15) is 4.79 Å². The summed E-state index contributed by atoms with van der Waals surface area (Å²) in [6.45, 7) is 3.84. The van der Waals surface area contributed by atoms with Crippen molar-refractivity contribution in [2.45, 2.75) is 6.42 Å². The summed E-state index contributed by atoms with van der Waals surface area (Å²) in [5.74, 6) is 0.604. The lowest BCUT2D eigenvalue weighted by atomic mass is 10.1. The molecular formula is C17H20ClN5O. The van der Waals surface area contributed by atoms with Crippen molar-refractivity contribution < 1.29 is 4.79 Å². The monoisotopic (exact) mass is 345 g/mol. The number of anilines is 2. The number of nitrogens with zero attached hydrogens (tertiary/aromatic N) is 4. The van der Waals surface area contributed by atoms with Crippen molar-refractivity contribution in [2.24, 2.45) is 0 Å². The predicted molar refractivity (Wildman–Crippen MR) is 95.5 cm³/mol. The fourth-order valence-corrected chi connectivity index (χ4v) is 2.67. The molecule has 0 bridgehead atoms. The third-order valence-electron chi connectivity index (χ3n) is 3.99. The Morgan fingerprint density at radius 1 is 1.12 bits per heavy atom. The first-order valence-corrected chi connectivity index (χ1v) is 8.28. The molecule has 1 N–H and O–H groups in total. The maximum atomic E-state index is 12.1. The molecule has 1 saturated heterocycles. The Kier molecular flexibility index (Phi) is 5.27. The van der Waals surface area contributed by atoms with Crippen LogP contribution in [-0.2, 0) is 11.2 Å². The first-order valence-electron chi connectivity index (χ1n) is 7.90. The quantitative estimate of drug-likeness (QED) is 0.919. The van der Waals surface area contributed by atoms with Gasteiger partial charge >= 0.3 is 0 Å². The molecule has 6 nitrogen and oxygen atoms in total. The lowest BCUT2D eigenvalue weighted by Crippen LogP contribution is -2.45. The van der Waals surface area contributed by atoms with Gasteiger partial charge in [0.25, 0.3) is 0 Å². The minimum Gasteiger partial charge on any atom is -0.338 e. The van der Waals surface area contributed by atoms with Crippen molar-refractivity contribution >= 4 is 29.1 Å². The van der Waals surface area contributed by atoms with E-state index < -0.39 is 0 Å². The highest BCUT2D eigenvalue weighted by molar-refractivity contribution is 6.30. The van der Waals surface area contributed by atoms with Gasteiger partial charge in [0, 0.05) is 31.2 Å². The van der Waals surface area contributed by atoms with Gasteiger partial charge in [-0.15, -0.1) is 0 Å². The summed E-state index contributed by atoms with van der Waals surface area (Å²) in [7, 11) is 2.11. The van der Waals surface area contributed by atoms with Gasteiger partial charge in [0.15, 0.2) is 0 Å². The zero-order chi connectivity index (χ0) is 16.9. The average molecular weight is 346 g/mol. The first-order chi connectivity index (χ1) is 11.6. The molecule has 2 aromatic rings. The Balaban J connectivity index is 1.55. The van der Waals surface area contributed by atoms with Crippen molar-refractivity contribution in [2.75, 3.05) is 43.4 Å². The van der Waals surface area contributed by atoms with Gasteiger partial charge in [0.1, 0.15) is 0 Å². The second-order valence-electron chi connectivity index (χ2n) is 5.91. The van der Waals surface area contributed by atoms with E-state index in [1.165, 1.54) is 0 Å². The van der Waals surface area contributed by atoms with Gasteiger partial charge in [-0.05, 0) is 24.7 Å². The zero-order valence-corrected chi connectivity index (χ0v) is 14.3. The number of carbonyl (C=O) groups is 1. The van der Waals surface area contributed by atoms with Crippen LogP contribution >= 0.6 is 11.6 Å². The van der Waals surface area contributed by atoms with E-state index in [0.29, 0.717) is 16.7 Å². The van der Waals surface area contributed by atoms with Gasteiger partial charge in [0.05, 0.1) is 24.5 Å². The molecule has 1 aliphatic rings. The molecule has 0 atom stereocenters. The number of piperazine rings is 1. The summed E-state index contributed by atoms with van der Waals surface area (Å²) in [6.07, 6.45) is 3.60. The fourth-order valence-electron chi connectivity index (χ4n) is 2.55. The lowest BCUT2D eigenvalue weighted by Gasteiger charge is -2.32. The smallest absolute Gasteiger partial charge is 0.228 e. The van der Waals surface area contributed by atoms with E-state index in [0.717, 1.165) is 31.7 Å². The molecule has 3 rings (SSSR count). The van der Waals surface area contributed by atoms with Gasteiger partial charge < -0.3 is 15.1 Å². The van der Waals surface area contributed by atoms with Gasteiger partial charge in [-0.1, -0.05) is 23.7 Å². The molecule has 1 amide bonds. The summed E-state index contributed by atoms with van der Waals surface area (Å²) in [5.41, 5.74) is 1.51. The van der Waals surface area contributed by atoms with Crippen LogP contribution in [0.2, 0.25) is 5.02 Å². The van der Waals surface area contributed by atoms with Crippen molar-refractivity contribution in [3.05, 3.63) is 47.2 Å². The first kappa shape index (κ1) is 16.7. The second-order valence-corrected chi connectivity index (χ2v) is 6.35. The highest BCUT2D eigenvalue weighted by Gasteiger charge is 2.16. The summed E-state index contributed by atoms with van der Waals surface area (Å²) < 4.78 is 0. The van der Waals surface area contributed by atoms with Crippen LogP contribution in [0.3, 0.4) is 0 Å². The lowest BCUT2D eigenvalue weighted by molar-refractivity contribution is -0.115. The van der Waals surface area contributed by atoms with E-state index >= 15 is 0 Å². The number of benzene rings is 1. The largest absolute Gasteiger partial charge is 0.338 e. The number of rotatable bonds is 4. The summed E-state index contributed by atoms with van der Waals surface area (Å²) in [5, 5.41) is 3.48. The maximum absolute atomic E-state index is 12.1. The van der Waals surface area contributed by atoms with Crippen LogP contribution in [0.4, 0.5) is 11.6 Å². The van der Waals surface area contributed by atoms with Crippen LogP contribution in [0.15, 0.2) is 36.7 Å². The Morgan fingerprint density at radius 2 is 1.75 bits per heavy atom. The molecule has 1 aromatic heterocycles. The summed E-state index contributed by atoms with van der Waals surface area (Å²) in [6, 6.07) is 7.24. The Morgan fingerprint density at radius 3 is 2.38 bits per heavy atom. The number of amides is 1. The normalized spacial score (nSPS) is 15.3. The van der Waals surface area contributed by atoms with Crippen molar-refractivity contribution in [3.8, 4) is 0 Å². The van der Waals surface area contributed by atoms with Crippen molar-refractivity contribution in [1.82, 2.24) is 14.9 Å². The number of aromatic nitrogens is 2. The van der Waals surface area contributed by atoms with Crippen LogP contribution in [-0.4, -0.2) is 54.0 Å². The van der Waals surface area contributed by atoms with Crippen LogP contribution in [0.1, 0.15) is 5.56 Å². The summed E-state index contributed by atoms with van der Waals surface area (Å²) in [4.78, 5) is 25.2. The van der Waals surface area contributed by atoms with E-state index in [2.05, 4.69) is 32.1 Å². The highest BCUT2D eigenvalue weighted by Crippen LogP contribution is 2.13. The third kappa shape index (κ3) is 4.43. The molecule has 1 fully saturated rings.